The zero-order chi connectivity index (χ0) is 53.2. The number of rotatable bonds is 32. The highest BCUT2D eigenvalue weighted by atomic mass is 16.4. The minimum Gasteiger partial charge on any atom is -0.508 e. The number of carbonyl (C=O) groups excluding carboxylic acids is 8. The van der Waals surface area contributed by atoms with Crippen molar-refractivity contribution in [3.63, 3.8) is 0 Å². The molecule has 18 N–H and O–H groups in total. The summed E-state index contributed by atoms with van der Waals surface area (Å²) in [6.45, 7) is 13.3. The molecule has 0 aliphatic rings. The number of hydrogen-bond acceptors (Lipinski definition) is 13. The summed E-state index contributed by atoms with van der Waals surface area (Å²) in [6.07, 6.45) is 1.48. The number of benzene rings is 1. The third-order valence-corrected chi connectivity index (χ3v) is 10.7. The van der Waals surface area contributed by atoms with Crippen LogP contribution in [0.5, 0.6) is 5.75 Å². The Morgan fingerprint density at radius 3 is 1.63 bits per heavy atom. The Morgan fingerprint density at radius 2 is 1.10 bits per heavy atom. The van der Waals surface area contributed by atoms with Crippen molar-refractivity contribution in [3.05, 3.63) is 29.8 Å². The van der Waals surface area contributed by atoms with E-state index >= 15 is 0 Å². The third-order valence-electron chi connectivity index (χ3n) is 10.7. The van der Waals surface area contributed by atoms with Gasteiger partial charge in [-0.3, -0.25) is 43.3 Å². The zero-order valence-electron chi connectivity index (χ0n) is 41.8. The van der Waals surface area contributed by atoms with Gasteiger partial charge in [-0.2, -0.15) is 0 Å². The van der Waals surface area contributed by atoms with Gasteiger partial charge in [-0.15, -0.1) is 0 Å². The number of carboxylic acid groups (broad SMARTS) is 1. The molecular formula is C46H79N13O11. The quantitative estimate of drug-likeness (QED) is 0.0208. The zero-order valence-corrected chi connectivity index (χ0v) is 41.8. The van der Waals surface area contributed by atoms with Crippen LogP contribution >= 0.6 is 0 Å². The lowest BCUT2D eigenvalue weighted by Crippen LogP contribution is -2.59. The lowest BCUT2D eigenvalue weighted by atomic mass is 9.99. The standard InChI is InChI=1S/C46H79N13O11/c1-24(2)20-31(48)40(64)54-27(7)38(62)53-28(8)39(63)59-37(26(5)6)44(68)57-34(21-25(3)4)41(65)52-23-36(61)55-32(12-9-10-18-47)42(66)56-33(13-11-19-51-46(49)50)43(67)58-35(45(69)70)22-29-14-16-30(60)17-15-29/h14-17,24-28,31-35,37,60H,9-13,18-23,47-48H2,1-8H3,(H,52,65)(H,53,62)(H,54,64)(H,55,61)(H,56,66)(H,57,68)(H,58,67)(H,59,63)(H,69,70)(H4,49,50,51). The van der Waals surface area contributed by atoms with Crippen LogP contribution in [0.1, 0.15) is 106 Å². The summed E-state index contributed by atoms with van der Waals surface area (Å²) in [5.74, 6) is -7.80. The van der Waals surface area contributed by atoms with Crippen LogP contribution in [0.3, 0.4) is 0 Å². The van der Waals surface area contributed by atoms with Crippen molar-refractivity contribution in [2.45, 2.75) is 155 Å². The van der Waals surface area contributed by atoms with Gasteiger partial charge in [0.25, 0.3) is 0 Å². The lowest BCUT2D eigenvalue weighted by molar-refractivity contribution is -0.142. The van der Waals surface area contributed by atoms with E-state index in [4.69, 9.17) is 22.9 Å². The van der Waals surface area contributed by atoms with E-state index in [9.17, 15) is 53.4 Å². The molecule has 0 bridgehead atoms. The molecule has 1 rings (SSSR count). The first kappa shape index (κ1) is 61.5. The molecule has 70 heavy (non-hydrogen) atoms. The number of nitrogens with one attached hydrogen (secondary N) is 8. The molecule has 8 atom stereocenters. The first-order chi connectivity index (χ1) is 32.7. The summed E-state index contributed by atoms with van der Waals surface area (Å²) in [5.41, 5.74) is 23.0. The van der Waals surface area contributed by atoms with Crippen LogP contribution in [-0.2, 0) is 49.6 Å². The number of aliphatic carboxylic acids is 1. The van der Waals surface area contributed by atoms with E-state index < -0.39 is 114 Å². The Hall–Kier alpha value is -6.56. The van der Waals surface area contributed by atoms with Gasteiger partial charge in [-0.25, -0.2) is 4.79 Å². The summed E-state index contributed by atoms with van der Waals surface area (Å²) in [7, 11) is 0. The van der Waals surface area contributed by atoms with E-state index in [0.29, 0.717) is 24.8 Å². The Bertz CT molecular complexity index is 1930. The largest absolute Gasteiger partial charge is 0.508 e. The van der Waals surface area contributed by atoms with E-state index in [-0.39, 0.29) is 68.7 Å². The average molecular weight is 990 g/mol. The second-order valence-electron chi connectivity index (χ2n) is 18.5. The van der Waals surface area contributed by atoms with Gasteiger partial charge in [0.15, 0.2) is 5.96 Å². The molecule has 0 aliphatic carbocycles. The molecule has 0 saturated heterocycles. The van der Waals surface area contributed by atoms with Crippen molar-refractivity contribution in [2.75, 3.05) is 19.6 Å². The van der Waals surface area contributed by atoms with Gasteiger partial charge < -0.3 is 75.7 Å². The molecule has 0 saturated carbocycles. The van der Waals surface area contributed by atoms with Gasteiger partial charge in [0, 0.05) is 13.0 Å². The summed E-state index contributed by atoms with van der Waals surface area (Å²) >= 11 is 0. The van der Waals surface area contributed by atoms with Gasteiger partial charge in [-0.1, -0.05) is 53.7 Å². The predicted octanol–water partition coefficient (Wildman–Crippen LogP) is -2.17. The molecule has 1 aromatic rings. The number of nitrogens with zero attached hydrogens (tertiary/aromatic N) is 1. The minimum absolute atomic E-state index is 0.0333. The molecule has 0 radical (unpaired) electrons. The fourth-order valence-electron chi connectivity index (χ4n) is 6.86. The van der Waals surface area contributed by atoms with E-state index in [1.54, 1.807) is 13.8 Å². The maximum absolute atomic E-state index is 13.8. The van der Waals surface area contributed by atoms with Crippen LogP contribution in [-0.4, -0.2) is 137 Å². The fraction of sp³-hybridized carbons (Fsp3) is 0.652. The van der Waals surface area contributed by atoms with Crippen LogP contribution in [0.25, 0.3) is 0 Å². The smallest absolute Gasteiger partial charge is 0.326 e. The van der Waals surface area contributed by atoms with Crippen LogP contribution in [0.2, 0.25) is 0 Å². The topological polar surface area (TPSA) is 407 Å². The highest BCUT2D eigenvalue weighted by Crippen LogP contribution is 2.13. The summed E-state index contributed by atoms with van der Waals surface area (Å²) in [6, 6.07) is -3.53. The number of aliphatic imine (C=N–C) groups is 1. The third kappa shape index (κ3) is 24.1. The van der Waals surface area contributed by atoms with Crippen molar-refractivity contribution in [1.82, 2.24) is 42.5 Å². The number of nitrogens with two attached hydrogens (primary N) is 4. The molecule has 0 aromatic heterocycles. The number of hydrogen-bond donors (Lipinski definition) is 14. The van der Waals surface area contributed by atoms with Crippen LogP contribution in [0, 0.1) is 17.8 Å². The molecule has 0 spiro atoms. The lowest BCUT2D eigenvalue weighted by Gasteiger charge is -2.27. The minimum atomic E-state index is -1.42. The average Bonchev–Trinajstić information content (AvgIpc) is 3.27. The van der Waals surface area contributed by atoms with Crippen molar-refractivity contribution in [3.8, 4) is 5.75 Å². The summed E-state index contributed by atoms with van der Waals surface area (Å²) in [5, 5.41) is 40.0. The van der Waals surface area contributed by atoms with Gasteiger partial charge in [0.2, 0.25) is 47.3 Å². The first-order valence-electron chi connectivity index (χ1n) is 23.7. The van der Waals surface area contributed by atoms with E-state index in [0.717, 1.165) is 0 Å². The van der Waals surface area contributed by atoms with Gasteiger partial charge in [-0.05, 0) is 101 Å². The number of amides is 8. The van der Waals surface area contributed by atoms with E-state index in [1.807, 2.05) is 27.7 Å². The monoisotopic (exact) mass is 990 g/mol. The van der Waals surface area contributed by atoms with Gasteiger partial charge in [0.05, 0.1) is 12.6 Å². The number of carboxylic acids is 1. The van der Waals surface area contributed by atoms with Crippen molar-refractivity contribution >= 4 is 59.2 Å². The second-order valence-corrected chi connectivity index (χ2v) is 18.5. The molecule has 24 nitrogen and oxygen atoms in total. The number of aromatic hydroxyl groups is 1. The molecular weight excluding hydrogens is 911 g/mol. The molecule has 394 valence electrons. The van der Waals surface area contributed by atoms with Gasteiger partial charge >= 0.3 is 5.97 Å². The molecule has 1 aromatic carbocycles. The maximum Gasteiger partial charge on any atom is 0.326 e. The number of unbranched alkanes of at least 4 members (excludes halogenated alkanes) is 1. The summed E-state index contributed by atoms with van der Waals surface area (Å²) < 4.78 is 0. The van der Waals surface area contributed by atoms with E-state index in [2.05, 4.69) is 47.5 Å². The maximum atomic E-state index is 13.8. The van der Waals surface area contributed by atoms with Crippen LogP contribution in [0.15, 0.2) is 29.3 Å². The Morgan fingerprint density at radius 1 is 0.586 bits per heavy atom. The number of guanidine groups is 1. The Labute approximate surface area is 410 Å². The highest BCUT2D eigenvalue weighted by molar-refractivity contribution is 5.97. The van der Waals surface area contributed by atoms with Crippen LogP contribution in [0.4, 0.5) is 0 Å². The highest BCUT2D eigenvalue weighted by Gasteiger charge is 2.33. The van der Waals surface area contributed by atoms with Crippen LogP contribution < -0.4 is 65.5 Å². The second kappa shape index (κ2) is 31.5. The molecule has 0 heterocycles. The molecule has 8 amide bonds. The van der Waals surface area contributed by atoms with E-state index in [1.165, 1.54) is 38.1 Å². The van der Waals surface area contributed by atoms with Crippen molar-refractivity contribution in [1.29, 1.82) is 0 Å². The number of carbonyl (C=O) groups is 9. The molecule has 0 aliphatic heterocycles. The number of phenols is 1. The number of phenolic OH excluding ortho intramolecular Hbond substituents is 1. The first-order valence-corrected chi connectivity index (χ1v) is 23.7. The van der Waals surface area contributed by atoms with Crippen molar-refractivity contribution in [2.24, 2.45) is 45.7 Å². The molecule has 24 heteroatoms. The molecule has 0 fully saturated rings. The Balaban J connectivity index is 3.12. The predicted molar refractivity (Wildman–Crippen MR) is 262 cm³/mol. The van der Waals surface area contributed by atoms with Gasteiger partial charge in [0.1, 0.15) is 48.0 Å². The Kier molecular flexibility index (Phi) is 27.7. The molecule has 8 unspecified atom stereocenters. The summed E-state index contributed by atoms with van der Waals surface area (Å²) in [4.78, 5) is 123. The normalized spacial score (nSPS) is 14.6. The van der Waals surface area contributed by atoms with Crippen molar-refractivity contribution < 1.29 is 53.4 Å². The SMILES string of the molecule is CC(C)CC(N)C(=O)NC(C)C(=O)NC(C)C(=O)NC(C(=O)NC(CC(C)C)C(=O)NCC(=O)NC(CCCCN)C(=O)NC(CCCN=C(N)N)C(=O)NC(Cc1ccc(O)cc1)C(=O)O)C(C)C. The fourth-order valence-corrected chi connectivity index (χ4v) is 6.86.